The van der Waals surface area contributed by atoms with Crippen LogP contribution in [0.1, 0.15) is 27.4 Å². The number of amides is 1. The SMILES string of the molecule is Cc1cc(C)nc(Nc2cccc(C(=O)Nc3cc(C)nn3-c3ccc4ccccc4n3)c2)n1. The van der Waals surface area contributed by atoms with Crippen molar-refractivity contribution in [3.63, 3.8) is 0 Å². The van der Waals surface area contributed by atoms with Crippen molar-refractivity contribution >= 4 is 34.3 Å². The second-order valence-corrected chi connectivity index (χ2v) is 8.08. The normalized spacial score (nSPS) is 10.9. The van der Waals surface area contributed by atoms with E-state index in [1.807, 2.05) is 81.4 Å². The van der Waals surface area contributed by atoms with Crippen molar-refractivity contribution in [2.75, 3.05) is 10.6 Å². The van der Waals surface area contributed by atoms with Crippen LogP contribution in [0.4, 0.5) is 17.5 Å². The summed E-state index contributed by atoms with van der Waals surface area (Å²) in [7, 11) is 0. The van der Waals surface area contributed by atoms with E-state index in [4.69, 9.17) is 4.98 Å². The van der Waals surface area contributed by atoms with E-state index >= 15 is 0 Å². The number of fused-ring (bicyclic) bond motifs is 1. The van der Waals surface area contributed by atoms with Crippen LogP contribution in [0.5, 0.6) is 0 Å². The van der Waals surface area contributed by atoms with Crippen LogP contribution >= 0.6 is 0 Å². The van der Waals surface area contributed by atoms with E-state index in [0.717, 1.165) is 33.7 Å². The molecule has 0 saturated carbocycles. The molecule has 5 rings (SSSR count). The van der Waals surface area contributed by atoms with Crippen LogP contribution in [0, 0.1) is 20.8 Å². The molecule has 0 saturated heterocycles. The number of hydrogen-bond acceptors (Lipinski definition) is 6. The van der Waals surface area contributed by atoms with Gasteiger partial charge in [-0.1, -0.05) is 24.3 Å². The van der Waals surface area contributed by atoms with Gasteiger partial charge in [0.1, 0.15) is 5.82 Å². The molecular formula is C26H23N7O. The Balaban J connectivity index is 1.40. The largest absolute Gasteiger partial charge is 0.324 e. The van der Waals surface area contributed by atoms with E-state index in [1.54, 1.807) is 16.8 Å². The second kappa shape index (κ2) is 8.74. The van der Waals surface area contributed by atoms with Crippen molar-refractivity contribution in [2.24, 2.45) is 0 Å². The van der Waals surface area contributed by atoms with Gasteiger partial charge in [0, 0.05) is 34.1 Å². The molecule has 168 valence electrons. The third-order valence-corrected chi connectivity index (χ3v) is 5.24. The highest BCUT2D eigenvalue weighted by atomic mass is 16.1. The van der Waals surface area contributed by atoms with E-state index in [9.17, 15) is 4.79 Å². The number of para-hydroxylation sites is 1. The summed E-state index contributed by atoms with van der Waals surface area (Å²) >= 11 is 0. The molecule has 2 aromatic carbocycles. The third-order valence-electron chi connectivity index (χ3n) is 5.24. The molecule has 0 aliphatic heterocycles. The van der Waals surface area contributed by atoms with Gasteiger partial charge >= 0.3 is 0 Å². The van der Waals surface area contributed by atoms with E-state index in [0.29, 0.717) is 23.1 Å². The molecule has 34 heavy (non-hydrogen) atoms. The summed E-state index contributed by atoms with van der Waals surface area (Å²) in [5.41, 5.74) is 4.58. The van der Waals surface area contributed by atoms with Crippen molar-refractivity contribution in [1.82, 2.24) is 24.7 Å². The lowest BCUT2D eigenvalue weighted by Crippen LogP contribution is -2.15. The maximum absolute atomic E-state index is 13.1. The highest BCUT2D eigenvalue weighted by Gasteiger charge is 2.14. The quantitative estimate of drug-likeness (QED) is 0.386. The Bertz CT molecular complexity index is 1500. The molecule has 0 unspecified atom stereocenters. The highest BCUT2D eigenvalue weighted by molar-refractivity contribution is 6.04. The average Bonchev–Trinajstić information content (AvgIpc) is 3.18. The van der Waals surface area contributed by atoms with Crippen molar-refractivity contribution in [3.05, 3.63) is 95.4 Å². The predicted molar refractivity (Wildman–Crippen MR) is 133 cm³/mol. The average molecular weight is 450 g/mol. The van der Waals surface area contributed by atoms with Crippen molar-refractivity contribution in [1.29, 1.82) is 0 Å². The van der Waals surface area contributed by atoms with Crippen LogP contribution in [0.3, 0.4) is 0 Å². The lowest BCUT2D eigenvalue weighted by Gasteiger charge is -2.11. The summed E-state index contributed by atoms with van der Waals surface area (Å²) in [4.78, 5) is 26.6. The molecule has 3 aromatic heterocycles. The minimum atomic E-state index is -0.257. The van der Waals surface area contributed by atoms with Crippen molar-refractivity contribution in [2.45, 2.75) is 20.8 Å². The Morgan fingerprint density at radius 3 is 2.41 bits per heavy atom. The molecule has 0 aliphatic carbocycles. The molecule has 0 aliphatic rings. The van der Waals surface area contributed by atoms with Crippen LogP contribution in [0.15, 0.2) is 72.8 Å². The molecule has 8 nitrogen and oxygen atoms in total. The lowest BCUT2D eigenvalue weighted by molar-refractivity contribution is 0.102. The summed E-state index contributed by atoms with van der Waals surface area (Å²) in [6, 6.07) is 22.7. The molecule has 0 spiro atoms. The molecule has 3 heterocycles. The fourth-order valence-corrected chi connectivity index (χ4v) is 3.77. The predicted octanol–water partition coefficient (Wildman–Crippen LogP) is 5.13. The summed E-state index contributed by atoms with van der Waals surface area (Å²) in [6.45, 7) is 5.71. The topological polar surface area (TPSA) is 97.6 Å². The first-order valence-corrected chi connectivity index (χ1v) is 10.9. The number of anilines is 3. The number of benzene rings is 2. The third kappa shape index (κ3) is 4.47. The first-order chi connectivity index (χ1) is 16.4. The van der Waals surface area contributed by atoms with Gasteiger partial charge in [-0.15, -0.1) is 0 Å². The summed E-state index contributed by atoms with van der Waals surface area (Å²) in [5, 5.41) is 11.7. The fourth-order valence-electron chi connectivity index (χ4n) is 3.77. The number of carbonyl (C=O) groups is 1. The van der Waals surface area contributed by atoms with E-state index in [-0.39, 0.29) is 5.91 Å². The first kappa shape index (κ1) is 21.3. The Labute approximate surface area is 196 Å². The zero-order valence-corrected chi connectivity index (χ0v) is 19.1. The Kier molecular flexibility index (Phi) is 5.47. The molecule has 1 amide bonds. The summed E-state index contributed by atoms with van der Waals surface area (Å²) < 4.78 is 1.64. The minimum Gasteiger partial charge on any atom is -0.324 e. The van der Waals surface area contributed by atoms with Gasteiger partial charge in [-0.3, -0.25) is 4.79 Å². The number of hydrogen-bond donors (Lipinski definition) is 2. The monoisotopic (exact) mass is 449 g/mol. The second-order valence-electron chi connectivity index (χ2n) is 8.08. The van der Waals surface area contributed by atoms with Gasteiger partial charge in [-0.2, -0.15) is 9.78 Å². The molecule has 0 bridgehead atoms. The van der Waals surface area contributed by atoms with Crippen LogP contribution < -0.4 is 10.6 Å². The van der Waals surface area contributed by atoms with Crippen LogP contribution in [0.25, 0.3) is 16.7 Å². The van der Waals surface area contributed by atoms with Crippen LogP contribution in [0.2, 0.25) is 0 Å². The van der Waals surface area contributed by atoms with Gasteiger partial charge in [-0.25, -0.2) is 15.0 Å². The molecule has 0 fully saturated rings. The standard InChI is InChI=1S/C26H23N7O/c1-16-13-17(2)28-26(27-16)29-21-9-6-8-20(15-21)25(34)31-24-14-18(3)32-33(24)23-12-11-19-7-4-5-10-22(19)30-23/h4-15H,1-3H3,(H,31,34)(H,27,28,29). The van der Waals surface area contributed by atoms with E-state index in [1.165, 1.54) is 0 Å². The number of carbonyl (C=O) groups excluding carboxylic acids is 1. The van der Waals surface area contributed by atoms with Gasteiger partial charge in [-0.05, 0) is 63.2 Å². The Morgan fingerprint density at radius 2 is 1.59 bits per heavy atom. The van der Waals surface area contributed by atoms with Crippen LogP contribution in [-0.2, 0) is 0 Å². The maximum Gasteiger partial charge on any atom is 0.256 e. The highest BCUT2D eigenvalue weighted by Crippen LogP contribution is 2.21. The van der Waals surface area contributed by atoms with E-state index in [2.05, 4.69) is 25.7 Å². The van der Waals surface area contributed by atoms with Gasteiger partial charge in [0.05, 0.1) is 11.2 Å². The molecule has 0 atom stereocenters. The van der Waals surface area contributed by atoms with E-state index < -0.39 is 0 Å². The zero-order chi connectivity index (χ0) is 23.7. The number of aryl methyl sites for hydroxylation is 3. The lowest BCUT2D eigenvalue weighted by atomic mass is 10.2. The molecule has 0 radical (unpaired) electrons. The zero-order valence-electron chi connectivity index (χ0n) is 19.1. The number of nitrogens with one attached hydrogen (secondary N) is 2. The first-order valence-electron chi connectivity index (χ1n) is 10.9. The van der Waals surface area contributed by atoms with Crippen molar-refractivity contribution in [3.8, 4) is 5.82 Å². The minimum absolute atomic E-state index is 0.257. The van der Waals surface area contributed by atoms with Crippen LogP contribution in [-0.4, -0.2) is 30.6 Å². The van der Waals surface area contributed by atoms with Gasteiger partial charge < -0.3 is 10.6 Å². The number of pyridine rings is 1. The van der Waals surface area contributed by atoms with Gasteiger partial charge in [0.25, 0.3) is 5.91 Å². The maximum atomic E-state index is 13.1. The van der Waals surface area contributed by atoms with Gasteiger partial charge in [0.15, 0.2) is 5.82 Å². The Morgan fingerprint density at radius 1 is 0.794 bits per heavy atom. The van der Waals surface area contributed by atoms with Gasteiger partial charge in [0.2, 0.25) is 5.95 Å². The molecule has 2 N–H and O–H groups in total. The van der Waals surface area contributed by atoms with Crippen molar-refractivity contribution < 1.29 is 4.79 Å². The number of aromatic nitrogens is 5. The summed E-state index contributed by atoms with van der Waals surface area (Å²) in [6.07, 6.45) is 0. The molecular weight excluding hydrogens is 426 g/mol. The smallest absolute Gasteiger partial charge is 0.256 e. The fraction of sp³-hybridized carbons (Fsp3) is 0.115. The molecule has 5 aromatic rings. The number of nitrogens with zero attached hydrogens (tertiary/aromatic N) is 5. The molecule has 8 heteroatoms. The Hall–Kier alpha value is -4.59. The summed E-state index contributed by atoms with van der Waals surface area (Å²) in [5.74, 6) is 1.41. The number of rotatable bonds is 5.